The van der Waals surface area contributed by atoms with E-state index in [4.69, 9.17) is 11.6 Å². The Morgan fingerprint density at radius 1 is 1.10 bits per heavy atom. The highest BCUT2D eigenvalue weighted by atomic mass is 35.5. The van der Waals surface area contributed by atoms with Gasteiger partial charge in [0, 0.05) is 57.3 Å². The number of amides is 2. The van der Waals surface area contributed by atoms with Crippen molar-refractivity contribution in [1.82, 2.24) is 25.1 Å². The normalized spacial score (nSPS) is 19.6. The Morgan fingerprint density at radius 2 is 1.83 bits per heavy atom. The van der Waals surface area contributed by atoms with Crippen molar-refractivity contribution in [3.8, 4) is 0 Å². The highest BCUT2D eigenvalue weighted by molar-refractivity contribution is 6.33. The van der Waals surface area contributed by atoms with Gasteiger partial charge >= 0.3 is 0 Å². The summed E-state index contributed by atoms with van der Waals surface area (Å²) in [5.74, 6) is -0.449. The molecule has 1 aliphatic carbocycles. The molecular weight excluding hydrogens is 555 g/mol. The molecule has 2 saturated heterocycles. The second kappa shape index (κ2) is 11.6. The Kier molecular flexibility index (Phi) is 7.89. The largest absolute Gasteiger partial charge is 0.347 e. The molecule has 1 N–H and O–H groups in total. The number of benzene rings is 2. The molecule has 2 fully saturated rings. The molecule has 2 amide bonds. The van der Waals surface area contributed by atoms with Gasteiger partial charge < -0.3 is 15.1 Å². The first-order valence-electron chi connectivity index (χ1n) is 14.6. The Labute approximate surface area is 250 Å². The quantitative estimate of drug-likeness (QED) is 0.441. The first-order valence-corrected chi connectivity index (χ1v) is 15.0. The number of hydrogen-bond donors (Lipinski definition) is 1. The fraction of sp³-hybridized carbons (Fsp3) is 0.438. The average Bonchev–Trinajstić information content (AvgIpc) is 3.58. The summed E-state index contributed by atoms with van der Waals surface area (Å²) in [6.07, 6.45) is 8.43. The van der Waals surface area contributed by atoms with Crippen LogP contribution in [0.5, 0.6) is 0 Å². The Balaban J connectivity index is 1.07. The maximum Gasteiger partial charge on any atom is 0.256 e. The molecule has 2 aromatic carbocycles. The zero-order valence-electron chi connectivity index (χ0n) is 24.1. The predicted octanol–water partition coefficient (Wildman–Crippen LogP) is 4.88. The molecule has 6 rings (SSSR count). The van der Waals surface area contributed by atoms with Crippen LogP contribution >= 0.6 is 11.6 Å². The van der Waals surface area contributed by atoms with Crippen molar-refractivity contribution in [3.63, 3.8) is 0 Å². The molecule has 2 aliphatic heterocycles. The van der Waals surface area contributed by atoms with Crippen LogP contribution < -0.4 is 10.2 Å². The first kappa shape index (κ1) is 28.6. The van der Waals surface area contributed by atoms with Crippen molar-refractivity contribution >= 4 is 29.4 Å². The van der Waals surface area contributed by atoms with E-state index in [1.807, 2.05) is 54.5 Å². The first-order chi connectivity index (χ1) is 20.2. The fourth-order valence-electron chi connectivity index (χ4n) is 6.63. The van der Waals surface area contributed by atoms with E-state index in [0.717, 1.165) is 75.1 Å². The van der Waals surface area contributed by atoms with Crippen molar-refractivity contribution in [2.75, 3.05) is 45.2 Å². The van der Waals surface area contributed by atoms with E-state index in [-0.39, 0.29) is 28.0 Å². The van der Waals surface area contributed by atoms with Gasteiger partial charge in [0.05, 0.1) is 16.6 Å². The maximum absolute atomic E-state index is 14.3. The summed E-state index contributed by atoms with van der Waals surface area (Å²) in [4.78, 5) is 41.7. The van der Waals surface area contributed by atoms with Gasteiger partial charge in [-0.2, -0.15) is 0 Å². The van der Waals surface area contributed by atoms with Crippen LogP contribution in [-0.4, -0.2) is 71.9 Å². The van der Waals surface area contributed by atoms with Crippen molar-refractivity contribution in [1.29, 1.82) is 0 Å². The van der Waals surface area contributed by atoms with Gasteiger partial charge in [-0.25, -0.2) is 14.4 Å². The van der Waals surface area contributed by atoms with E-state index in [1.54, 1.807) is 0 Å². The van der Waals surface area contributed by atoms with E-state index >= 15 is 0 Å². The number of hydrogen-bond acceptors (Lipinski definition) is 6. The smallest absolute Gasteiger partial charge is 0.256 e. The summed E-state index contributed by atoms with van der Waals surface area (Å²) in [5, 5.41) is 3.02. The molecule has 0 bridgehead atoms. The molecule has 1 atom stereocenters. The van der Waals surface area contributed by atoms with Crippen LogP contribution in [0.4, 0.5) is 10.3 Å². The third-order valence-electron chi connectivity index (χ3n) is 9.11. The molecule has 0 radical (unpaired) electrons. The number of rotatable bonds is 6. The number of aromatic nitrogens is 2. The van der Waals surface area contributed by atoms with Gasteiger partial charge in [0.1, 0.15) is 5.82 Å². The maximum atomic E-state index is 14.3. The summed E-state index contributed by atoms with van der Waals surface area (Å²) < 4.78 is 14.3. The Hall–Kier alpha value is -3.56. The summed E-state index contributed by atoms with van der Waals surface area (Å²) in [7, 11) is 3.87. The monoisotopic (exact) mass is 590 g/mol. The lowest BCUT2D eigenvalue weighted by molar-refractivity contribution is 0.0713. The zero-order valence-corrected chi connectivity index (χ0v) is 24.8. The molecule has 1 unspecified atom stereocenters. The number of carbonyl (C=O) groups is 2. The van der Waals surface area contributed by atoms with Crippen LogP contribution in [0.15, 0.2) is 48.8 Å². The van der Waals surface area contributed by atoms with E-state index in [2.05, 4.69) is 20.2 Å². The Bertz CT molecular complexity index is 1470. The van der Waals surface area contributed by atoms with Crippen LogP contribution in [0.25, 0.3) is 0 Å². The highest BCUT2D eigenvalue weighted by Gasteiger charge is 2.42. The van der Waals surface area contributed by atoms with Crippen molar-refractivity contribution in [3.05, 3.63) is 87.4 Å². The fourth-order valence-corrected chi connectivity index (χ4v) is 6.88. The van der Waals surface area contributed by atoms with Crippen LogP contribution in [0, 0.1) is 11.2 Å². The minimum atomic E-state index is -0.649. The number of fused-ring (bicyclic) bond motifs is 1. The van der Waals surface area contributed by atoms with E-state index in [1.165, 1.54) is 18.2 Å². The summed E-state index contributed by atoms with van der Waals surface area (Å²) in [5.41, 5.74) is 3.78. The molecule has 10 heteroatoms. The second-order valence-electron chi connectivity index (χ2n) is 12.1. The molecule has 0 saturated carbocycles. The van der Waals surface area contributed by atoms with Crippen molar-refractivity contribution < 1.29 is 14.0 Å². The van der Waals surface area contributed by atoms with Gasteiger partial charge in [0.15, 0.2) is 0 Å². The summed E-state index contributed by atoms with van der Waals surface area (Å²) in [6, 6.07) is 9.71. The molecular formula is C32H36ClFN6O2. The number of likely N-dealkylation sites (tertiary alicyclic amines) is 2. The molecule has 8 nitrogen and oxygen atoms in total. The summed E-state index contributed by atoms with van der Waals surface area (Å²) in [6.45, 7) is 4.33. The molecule has 220 valence electrons. The van der Waals surface area contributed by atoms with Gasteiger partial charge in [-0.15, -0.1) is 0 Å². The van der Waals surface area contributed by atoms with E-state index in [0.29, 0.717) is 17.9 Å². The van der Waals surface area contributed by atoms with Gasteiger partial charge in [0.2, 0.25) is 5.95 Å². The lowest BCUT2D eigenvalue weighted by atomic mass is 9.77. The number of nitrogens with zero attached hydrogens (tertiary/aromatic N) is 5. The number of carbonyl (C=O) groups excluding carboxylic acids is 2. The van der Waals surface area contributed by atoms with E-state index in [9.17, 15) is 14.0 Å². The molecule has 1 spiro atoms. The number of nitrogens with one attached hydrogen (secondary N) is 1. The van der Waals surface area contributed by atoms with Gasteiger partial charge in [-0.05, 0) is 86.0 Å². The van der Waals surface area contributed by atoms with Crippen LogP contribution in [0.3, 0.4) is 0 Å². The summed E-state index contributed by atoms with van der Waals surface area (Å²) >= 11 is 6.11. The lowest BCUT2D eigenvalue weighted by Gasteiger charge is -2.39. The molecule has 3 aliphatic rings. The number of halogens is 2. The molecule has 3 aromatic rings. The number of anilines is 1. The van der Waals surface area contributed by atoms with Crippen LogP contribution in [0.1, 0.15) is 69.1 Å². The molecule has 1 aromatic heterocycles. The van der Waals surface area contributed by atoms with Crippen LogP contribution in [0.2, 0.25) is 5.02 Å². The van der Waals surface area contributed by atoms with E-state index < -0.39 is 11.7 Å². The molecule has 42 heavy (non-hydrogen) atoms. The van der Waals surface area contributed by atoms with Crippen molar-refractivity contribution in [2.45, 2.75) is 44.7 Å². The standard InChI is InChI=1S/C32H36ClFN6O2/c1-38(2)31-35-17-21(18-36-31)19-39-13-10-32(11-14-39)12-15-40(20-32)30(42)23-7-6-22-8-9-27(24(22)16-23)37-29(41)28-25(33)4-3-5-26(28)34/h3-7,16-18,27H,8-15,19-20H2,1-2H3,(H,37,41). The van der Waals surface area contributed by atoms with Crippen molar-refractivity contribution in [2.24, 2.45) is 5.41 Å². The minimum Gasteiger partial charge on any atom is -0.347 e. The topological polar surface area (TPSA) is 81.7 Å². The van der Waals surface area contributed by atoms with Gasteiger partial charge in [-0.1, -0.05) is 23.7 Å². The van der Waals surface area contributed by atoms with Crippen LogP contribution in [-0.2, 0) is 13.0 Å². The average molecular weight is 591 g/mol. The Morgan fingerprint density at radius 3 is 2.55 bits per heavy atom. The third kappa shape index (κ3) is 5.72. The van der Waals surface area contributed by atoms with Gasteiger partial charge in [0.25, 0.3) is 11.8 Å². The second-order valence-corrected chi connectivity index (χ2v) is 12.5. The minimum absolute atomic E-state index is 0.0318. The predicted molar refractivity (Wildman–Crippen MR) is 160 cm³/mol. The molecule has 3 heterocycles. The SMILES string of the molecule is CN(C)c1ncc(CN2CCC3(CC2)CCN(C(=O)c2ccc4c(c2)C(NC(=O)c2c(F)cccc2Cl)CC4)C3)cn1. The number of piperidine rings is 1. The number of aryl methyl sites for hydroxylation is 1. The zero-order chi connectivity index (χ0) is 29.4. The lowest BCUT2D eigenvalue weighted by Crippen LogP contribution is -2.42. The third-order valence-corrected chi connectivity index (χ3v) is 9.42. The highest BCUT2D eigenvalue weighted by Crippen LogP contribution is 2.41. The van der Waals surface area contributed by atoms with Gasteiger partial charge in [-0.3, -0.25) is 14.5 Å².